The Labute approximate surface area is 170 Å². The topological polar surface area (TPSA) is 62.3 Å². The van der Waals surface area contributed by atoms with Crippen LogP contribution in [0.5, 0.6) is 0 Å². The summed E-state index contributed by atoms with van der Waals surface area (Å²) in [5.41, 5.74) is 2.19. The summed E-state index contributed by atoms with van der Waals surface area (Å²) < 4.78 is 0. The predicted octanol–water partition coefficient (Wildman–Crippen LogP) is 3.44. The van der Waals surface area contributed by atoms with E-state index in [4.69, 9.17) is 0 Å². The zero-order chi connectivity index (χ0) is 19.5. The molecule has 1 atom stereocenters. The van der Waals surface area contributed by atoms with Crippen molar-refractivity contribution in [1.29, 1.82) is 0 Å². The maximum atomic E-state index is 12.9. The second kappa shape index (κ2) is 8.43. The van der Waals surface area contributed by atoms with Crippen LogP contribution in [0.4, 0.5) is 0 Å². The van der Waals surface area contributed by atoms with Crippen LogP contribution in [0.25, 0.3) is 0 Å². The molecule has 1 saturated heterocycles. The van der Waals surface area contributed by atoms with Gasteiger partial charge in [-0.2, -0.15) is 0 Å². The van der Waals surface area contributed by atoms with Crippen molar-refractivity contribution >= 4 is 23.2 Å². The smallest absolute Gasteiger partial charge is 0.263 e. The van der Waals surface area contributed by atoms with E-state index in [1.807, 2.05) is 23.1 Å². The van der Waals surface area contributed by atoms with Gasteiger partial charge in [0.05, 0.1) is 4.88 Å². The van der Waals surface area contributed by atoms with Gasteiger partial charge in [0.25, 0.3) is 5.91 Å². The SMILES string of the molecule is CC1CCN(C(=O)c2cc3c(s2)CC[C@@H](C(=O)NCc2cccnc2)C3)CC1. The van der Waals surface area contributed by atoms with Crippen LogP contribution >= 0.6 is 11.3 Å². The van der Waals surface area contributed by atoms with Crippen LogP contribution in [-0.2, 0) is 24.2 Å². The molecule has 2 aliphatic rings. The molecule has 1 N–H and O–H groups in total. The minimum atomic E-state index is -0.0161. The fourth-order valence-corrected chi connectivity index (χ4v) is 5.23. The van der Waals surface area contributed by atoms with Crippen molar-refractivity contribution < 1.29 is 9.59 Å². The van der Waals surface area contributed by atoms with E-state index in [2.05, 4.69) is 17.2 Å². The molecular weight excluding hydrogens is 370 g/mol. The molecule has 28 heavy (non-hydrogen) atoms. The minimum absolute atomic E-state index is 0.0161. The lowest BCUT2D eigenvalue weighted by molar-refractivity contribution is -0.125. The van der Waals surface area contributed by atoms with E-state index in [0.717, 1.165) is 55.6 Å². The van der Waals surface area contributed by atoms with Gasteiger partial charge in [-0.1, -0.05) is 13.0 Å². The van der Waals surface area contributed by atoms with Crippen LogP contribution in [0.3, 0.4) is 0 Å². The molecule has 0 aromatic carbocycles. The van der Waals surface area contributed by atoms with Crippen molar-refractivity contribution in [2.24, 2.45) is 11.8 Å². The molecule has 6 heteroatoms. The number of carbonyl (C=O) groups excluding carboxylic acids is 2. The van der Waals surface area contributed by atoms with Crippen molar-refractivity contribution in [3.63, 3.8) is 0 Å². The van der Waals surface area contributed by atoms with Crippen LogP contribution in [0.2, 0.25) is 0 Å². The molecule has 0 spiro atoms. The molecule has 0 radical (unpaired) electrons. The van der Waals surface area contributed by atoms with Crippen molar-refractivity contribution in [1.82, 2.24) is 15.2 Å². The Bertz CT molecular complexity index is 841. The first-order chi connectivity index (χ1) is 13.6. The maximum absolute atomic E-state index is 12.9. The van der Waals surface area contributed by atoms with Crippen LogP contribution in [-0.4, -0.2) is 34.8 Å². The Morgan fingerprint density at radius 1 is 1.29 bits per heavy atom. The first-order valence-electron chi connectivity index (χ1n) is 10.2. The molecule has 2 aromatic rings. The number of carbonyl (C=O) groups is 2. The zero-order valence-electron chi connectivity index (χ0n) is 16.3. The lowest BCUT2D eigenvalue weighted by Gasteiger charge is -2.29. The summed E-state index contributed by atoms with van der Waals surface area (Å²) in [6.07, 6.45) is 8.16. The van der Waals surface area contributed by atoms with Gasteiger partial charge in [0.1, 0.15) is 0 Å². The number of hydrogen-bond acceptors (Lipinski definition) is 4. The fourth-order valence-electron chi connectivity index (χ4n) is 4.06. The van der Waals surface area contributed by atoms with E-state index in [0.29, 0.717) is 12.5 Å². The maximum Gasteiger partial charge on any atom is 0.263 e. The molecular formula is C22H27N3O2S. The van der Waals surface area contributed by atoms with Gasteiger partial charge in [0.2, 0.25) is 5.91 Å². The molecule has 5 nitrogen and oxygen atoms in total. The normalized spacial score (nSPS) is 19.9. The highest BCUT2D eigenvalue weighted by atomic mass is 32.1. The molecule has 148 valence electrons. The number of likely N-dealkylation sites (tertiary alicyclic amines) is 1. The van der Waals surface area contributed by atoms with E-state index in [-0.39, 0.29) is 17.7 Å². The number of nitrogens with zero attached hydrogens (tertiary/aromatic N) is 2. The molecule has 1 fully saturated rings. The first-order valence-corrected chi connectivity index (χ1v) is 11.0. The van der Waals surface area contributed by atoms with Gasteiger partial charge in [0.15, 0.2) is 0 Å². The molecule has 3 heterocycles. The van der Waals surface area contributed by atoms with Crippen LogP contribution in [0.15, 0.2) is 30.6 Å². The molecule has 4 rings (SSSR count). The second-order valence-corrected chi connectivity index (χ2v) is 9.19. The summed E-state index contributed by atoms with van der Waals surface area (Å²) in [4.78, 5) is 33.6. The Morgan fingerprint density at radius 3 is 2.86 bits per heavy atom. The van der Waals surface area contributed by atoms with Gasteiger partial charge < -0.3 is 10.2 Å². The number of hydrogen-bond donors (Lipinski definition) is 1. The lowest BCUT2D eigenvalue weighted by atomic mass is 9.87. The van der Waals surface area contributed by atoms with E-state index >= 15 is 0 Å². The largest absolute Gasteiger partial charge is 0.352 e. The van der Waals surface area contributed by atoms with E-state index < -0.39 is 0 Å². The molecule has 1 aliphatic heterocycles. The minimum Gasteiger partial charge on any atom is -0.352 e. The average molecular weight is 398 g/mol. The summed E-state index contributed by atoms with van der Waals surface area (Å²) in [7, 11) is 0. The van der Waals surface area contributed by atoms with Crippen molar-refractivity contribution in [2.45, 2.75) is 45.6 Å². The predicted molar refractivity (Wildman–Crippen MR) is 110 cm³/mol. The van der Waals surface area contributed by atoms with Gasteiger partial charge in [-0.15, -0.1) is 11.3 Å². The highest BCUT2D eigenvalue weighted by Gasteiger charge is 2.29. The van der Waals surface area contributed by atoms with Crippen LogP contribution in [0.1, 0.15) is 51.9 Å². The average Bonchev–Trinajstić information content (AvgIpc) is 3.16. The lowest BCUT2D eigenvalue weighted by Crippen LogP contribution is -2.37. The van der Waals surface area contributed by atoms with Gasteiger partial charge >= 0.3 is 0 Å². The third-order valence-electron chi connectivity index (χ3n) is 5.92. The van der Waals surface area contributed by atoms with Crippen molar-refractivity contribution in [3.05, 3.63) is 51.5 Å². The number of aromatic nitrogens is 1. The van der Waals surface area contributed by atoms with E-state index in [1.54, 1.807) is 23.7 Å². The van der Waals surface area contributed by atoms with Gasteiger partial charge in [0, 0.05) is 42.8 Å². The Morgan fingerprint density at radius 2 is 2.11 bits per heavy atom. The number of fused-ring (bicyclic) bond motifs is 1. The number of thiophene rings is 1. The van der Waals surface area contributed by atoms with Crippen molar-refractivity contribution in [2.75, 3.05) is 13.1 Å². The second-order valence-electron chi connectivity index (χ2n) is 8.05. The third-order valence-corrected chi connectivity index (χ3v) is 7.15. The molecule has 0 unspecified atom stereocenters. The molecule has 0 saturated carbocycles. The number of pyridine rings is 1. The van der Waals surface area contributed by atoms with E-state index in [1.165, 1.54) is 10.4 Å². The summed E-state index contributed by atoms with van der Waals surface area (Å²) in [6, 6.07) is 5.88. The summed E-state index contributed by atoms with van der Waals surface area (Å²) in [6.45, 7) is 4.49. The van der Waals surface area contributed by atoms with Gasteiger partial charge in [-0.05, 0) is 61.3 Å². The summed E-state index contributed by atoms with van der Waals surface area (Å²) in [5, 5.41) is 3.03. The number of rotatable bonds is 4. The van der Waals surface area contributed by atoms with E-state index in [9.17, 15) is 9.59 Å². The fraction of sp³-hybridized carbons (Fsp3) is 0.500. The highest BCUT2D eigenvalue weighted by molar-refractivity contribution is 7.14. The first kappa shape index (κ1) is 19.1. The van der Waals surface area contributed by atoms with Gasteiger partial charge in [-0.3, -0.25) is 14.6 Å². The molecule has 2 amide bonds. The number of amides is 2. The Kier molecular flexibility index (Phi) is 5.76. The van der Waals surface area contributed by atoms with Crippen molar-refractivity contribution in [3.8, 4) is 0 Å². The highest BCUT2D eigenvalue weighted by Crippen LogP contribution is 2.33. The number of aryl methyl sites for hydroxylation is 1. The number of nitrogens with one attached hydrogen (secondary N) is 1. The number of piperidine rings is 1. The standard InChI is InChI=1S/C22H27N3O2S/c1-15-6-9-25(10-7-15)22(27)20-12-18-11-17(4-5-19(18)28-20)21(26)24-14-16-3-2-8-23-13-16/h2-3,8,12-13,15,17H,4-7,9-11,14H2,1H3,(H,24,26)/t17-/m1/s1. The zero-order valence-corrected chi connectivity index (χ0v) is 17.1. The Balaban J connectivity index is 1.36. The monoisotopic (exact) mass is 397 g/mol. The quantitative estimate of drug-likeness (QED) is 0.860. The molecule has 0 bridgehead atoms. The summed E-state index contributed by atoms with van der Waals surface area (Å²) in [5.74, 6) is 0.964. The molecule has 1 aliphatic carbocycles. The summed E-state index contributed by atoms with van der Waals surface area (Å²) >= 11 is 1.63. The Hall–Kier alpha value is -2.21. The van der Waals surface area contributed by atoms with Gasteiger partial charge in [-0.25, -0.2) is 0 Å². The van der Waals surface area contributed by atoms with Crippen LogP contribution < -0.4 is 5.32 Å². The van der Waals surface area contributed by atoms with Crippen LogP contribution in [0, 0.1) is 11.8 Å². The molecule has 2 aromatic heterocycles. The third kappa shape index (κ3) is 4.27.